The number of nitrogens with zero attached hydrogens (tertiary/aromatic N) is 3. The van der Waals surface area contributed by atoms with Crippen molar-refractivity contribution in [2.24, 2.45) is 0 Å². The maximum atomic E-state index is 4.50. The summed E-state index contributed by atoms with van der Waals surface area (Å²) in [6.45, 7) is 0.716. The molecule has 20 heavy (non-hydrogen) atoms. The van der Waals surface area contributed by atoms with Crippen LogP contribution in [0.15, 0.2) is 36.8 Å². The lowest BCUT2D eigenvalue weighted by Gasteiger charge is -2.12. The Morgan fingerprint density at radius 2 is 2.05 bits per heavy atom. The number of pyridine rings is 1. The van der Waals surface area contributed by atoms with Gasteiger partial charge in [0.1, 0.15) is 5.82 Å². The van der Waals surface area contributed by atoms with E-state index >= 15 is 0 Å². The molecular formula is C15H19N5. The molecule has 2 N–H and O–H groups in total. The van der Waals surface area contributed by atoms with Gasteiger partial charge in [0.25, 0.3) is 0 Å². The Hall–Kier alpha value is -2.17. The zero-order valence-corrected chi connectivity index (χ0v) is 11.4. The van der Waals surface area contributed by atoms with Crippen molar-refractivity contribution in [3.63, 3.8) is 0 Å². The lowest BCUT2D eigenvalue weighted by Crippen LogP contribution is -2.17. The molecular weight excluding hydrogens is 250 g/mol. The van der Waals surface area contributed by atoms with Crippen LogP contribution in [-0.2, 0) is 6.54 Å². The van der Waals surface area contributed by atoms with Gasteiger partial charge in [-0.3, -0.25) is 4.98 Å². The van der Waals surface area contributed by atoms with Gasteiger partial charge >= 0.3 is 0 Å². The summed E-state index contributed by atoms with van der Waals surface area (Å²) in [6, 6.07) is 6.39. The van der Waals surface area contributed by atoms with Gasteiger partial charge in [-0.1, -0.05) is 18.9 Å². The molecule has 0 amide bonds. The van der Waals surface area contributed by atoms with E-state index in [4.69, 9.17) is 0 Å². The molecule has 0 aliphatic heterocycles. The van der Waals surface area contributed by atoms with Crippen LogP contribution >= 0.6 is 0 Å². The van der Waals surface area contributed by atoms with Crippen molar-refractivity contribution in [3.05, 3.63) is 42.4 Å². The molecule has 0 spiro atoms. The summed E-state index contributed by atoms with van der Waals surface area (Å²) in [5.41, 5.74) is 1.14. The minimum absolute atomic E-state index is 0.531. The second kappa shape index (κ2) is 6.32. The van der Waals surface area contributed by atoms with Gasteiger partial charge in [0.15, 0.2) is 0 Å². The Bertz CT molecular complexity index is 537. The van der Waals surface area contributed by atoms with Crippen LogP contribution < -0.4 is 10.6 Å². The van der Waals surface area contributed by atoms with Crippen LogP contribution in [0.5, 0.6) is 0 Å². The van der Waals surface area contributed by atoms with Crippen LogP contribution in [0.2, 0.25) is 0 Å². The smallest absolute Gasteiger partial charge is 0.224 e. The highest BCUT2D eigenvalue weighted by Crippen LogP contribution is 2.21. The molecule has 0 aromatic carbocycles. The zero-order chi connectivity index (χ0) is 13.6. The molecule has 1 saturated carbocycles. The highest BCUT2D eigenvalue weighted by atomic mass is 15.1. The fourth-order valence-corrected chi connectivity index (χ4v) is 2.47. The molecule has 5 heteroatoms. The average molecular weight is 269 g/mol. The predicted octanol–water partition coefficient (Wildman–Crippen LogP) is 2.84. The molecule has 2 aromatic rings. The van der Waals surface area contributed by atoms with Gasteiger partial charge in [0, 0.05) is 31.2 Å². The normalized spacial score (nSPS) is 15.2. The van der Waals surface area contributed by atoms with Crippen molar-refractivity contribution in [2.75, 3.05) is 10.6 Å². The summed E-state index contributed by atoms with van der Waals surface area (Å²) in [6.07, 6.45) is 10.5. The van der Waals surface area contributed by atoms with E-state index in [1.807, 2.05) is 24.4 Å². The van der Waals surface area contributed by atoms with Gasteiger partial charge in [-0.2, -0.15) is 4.98 Å². The highest BCUT2D eigenvalue weighted by molar-refractivity contribution is 5.40. The standard InChI is InChI=1S/C15H19N5/c1-2-6-13(5-1)19-15-17-9-7-14(20-15)18-11-12-4-3-8-16-10-12/h3-4,7-10,13H,1-2,5-6,11H2,(H2,17,18,19,20). The Labute approximate surface area is 118 Å². The summed E-state index contributed by atoms with van der Waals surface area (Å²) < 4.78 is 0. The Balaban J connectivity index is 1.59. The lowest BCUT2D eigenvalue weighted by molar-refractivity contribution is 0.744. The van der Waals surface area contributed by atoms with Crippen molar-refractivity contribution in [1.82, 2.24) is 15.0 Å². The van der Waals surface area contributed by atoms with Gasteiger partial charge in [-0.05, 0) is 30.5 Å². The van der Waals surface area contributed by atoms with Crippen LogP contribution in [-0.4, -0.2) is 21.0 Å². The highest BCUT2D eigenvalue weighted by Gasteiger charge is 2.15. The van der Waals surface area contributed by atoms with Gasteiger partial charge in [-0.15, -0.1) is 0 Å². The minimum atomic E-state index is 0.531. The monoisotopic (exact) mass is 269 g/mol. The molecule has 1 fully saturated rings. The van der Waals surface area contributed by atoms with E-state index < -0.39 is 0 Å². The number of hydrogen-bond acceptors (Lipinski definition) is 5. The van der Waals surface area contributed by atoms with Gasteiger partial charge in [0.05, 0.1) is 0 Å². The lowest BCUT2D eigenvalue weighted by atomic mass is 10.2. The summed E-state index contributed by atoms with van der Waals surface area (Å²) in [4.78, 5) is 12.9. The van der Waals surface area contributed by atoms with Crippen LogP contribution in [0.1, 0.15) is 31.2 Å². The van der Waals surface area contributed by atoms with Crippen LogP contribution in [0, 0.1) is 0 Å². The fraction of sp³-hybridized carbons (Fsp3) is 0.400. The topological polar surface area (TPSA) is 62.7 Å². The van der Waals surface area contributed by atoms with Crippen LogP contribution in [0.3, 0.4) is 0 Å². The molecule has 0 saturated heterocycles. The van der Waals surface area contributed by atoms with Crippen LogP contribution in [0.25, 0.3) is 0 Å². The second-order valence-electron chi connectivity index (χ2n) is 5.11. The largest absolute Gasteiger partial charge is 0.366 e. The first kappa shape index (κ1) is 12.8. The van der Waals surface area contributed by atoms with Crippen molar-refractivity contribution in [2.45, 2.75) is 38.3 Å². The molecule has 0 bridgehead atoms. The van der Waals surface area contributed by atoms with Crippen molar-refractivity contribution in [1.29, 1.82) is 0 Å². The van der Waals surface area contributed by atoms with E-state index in [1.54, 1.807) is 12.4 Å². The van der Waals surface area contributed by atoms with Crippen molar-refractivity contribution < 1.29 is 0 Å². The Morgan fingerprint density at radius 1 is 1.15 bits per heavy atom. The first-order chi connectivity index (χ1) is 9.90. The third-order valence-electron chi connectivity index (χ3n) is 3.54. The maximum Gasteiger partial charge on any atom is 0.224 e. The number of hydrogen-bond donors (Lipinski definition) is 2. The van der Waals surface area contributed by atoms with Crippen molar-refractivity contribution >= 4 is 11.8 Å². The summed E-state index contributed by atoms with van der Waals surface area (Å²) >= 11 is 0. The molecule has 0 radical (unpaired) electrons. The van der Waals surface area contributed by atoms with Gasteiger partial charge in [-0.25, -0.2) is 4.98 Å². The number of rotatable bonds is 5. The third kappa shape index (κ3) is 3.44. The second-order valence-corrected chi connectivity index (χ2v) is 5.11. The van der Waals surface area contributed by atoms with Gasteiger partial charge < -0.3 is 10.6 Å². The third-order valence-corrected chi connectivity index (χ3v) is 3.54. The predicted molar refractivity (Wildman–Crippen MR) is 79.5 cm³/mol. The van der Waals surface area contributed by atoms with E-state index in [0.29, 0.717) is 18.5 Å². The van der Waals surface area contributed by atoms with Crippen LogP contribution in [0.4, 0.5) is 11.8 Å². The van der Waals surface area contributed by atoms with E-state index in [0.717, 1.165) is 11.4 Å². The van der Waals surface area contributed by atoms with E-state index in [2.05, 4.69) is 25.6 Å². The zero-order valence-electron chi connectivity index (χ0n) is 11.4. The Morgan fingerprint density at radius 3 is 2.85 bits per heavy atom. The first-order valence-corrected chi connectivity index (χ1v) is 7.12. The molecule has 2 heterocycles. The number of aromatic nitrogens is 3. The quantitative estimate of drug-likeness (QED) is 0.874. The number of nitrogens with one attached hydrogen (secondary N) is 2. The minimum Gasteiger partial charge on any atom is -0.366 e. The average Bonchev–Trinajstić information content (AvgIpc) is 3.00. The van der Waals surface area contributed by atoms with E-state index in [1.165, 1.54) is 25.7 Å². The van der Waals surface area contributed by atoms with E-state index in [9.17, 15) is 0 Å². The fourth-order valence-electron chi connectivity index (χ4n) is 2.47. The SMILES string of the molecule is c1cncc(CNc2ccnc(NC3CCCC3)n2)c1. The molecule has 0 atom stereocenters. The summed E-state index contributed by atoms with van der Waals surface area (Å²) in [5.74, 6) is 1.55. The Kier molecular flexibility index (Phi) is 4.06. The summed E-state index contributed by atoms with van der Waals surface area (Å²) in [7, 11) is 0. The molecule has 1 aliphatic carbocycles. The molecule has 2 aromatic heterocycles. The molecule has 104 valence electrons. The maximum absolute atomic E-state index is 4.50. The summed E-state index contributed by atoms with van der Waals surface area (Å²) in [5, 5.41) is 6.70. The van der Waals surface area contributed by atoms with Crippen molar-refractivity contribution in [3.8, 4) is 0 Å². The number of anilines is 2. The van der Waals surface area contributed by atoms with Gasteiger partial charge in [0.2, 0.25) is 5.95 Å². The molecule has 1 aliphatic rings. The first-order valence-electron chi connectivity index (χ1n) is 7.12. The molecule has 5 nitrogen and oxygen atoms in total. The molecule has 3 rings (SSSR count). The molecule has 0 unspecified atom stereocenters. The van der Waals surface area contributed by atoms with E-state index in [-0.39, 0.29) is 0 Å².